The number of anilines is 1. The Morgan fingerprint density at radius 2 is 1.79 bits per heavy atom. The van der Waals surface area contributed by atoms with Gasteiger partial charge in [0.2, 0.25) is 0 Å². The summed E-state index contributed by atoms with van der Waals surface area (Å²) in [6.07, 6.45) is 8.42. The second-order valence-electron chi connectivity index (χ2n) is 10.2. The summed E-state index contributed by atoms with van der Waals surface area (Å²) in [5.74, 6) is 0.777. The van der Waals surface area contributed by atoms with Gasteiger partial charge in [-0.15, -0.1) is 0 Å². The largest absolute Gasteiger partial charge is 0.497 e. The van der Waals surface area contributed by atoms with Gasteiger partial charge in [0.15, 0.2) is 0 Å². The number of methoxy groups -OCH3 is 1. The minimum absolute atomic E-state index is 0.0904. The predicted octanol–water partition coefficient (Wildman–Crippen LogP) is 4.49. The first kappa shape index (κ1) is 27.5. The molecule has 1 fully saturated rings. The van der Waals surface area contributed by atoms with Crippen molar-refractivity contribution in [1.29, 1.82) is 0 Å². The molecule has 3 heterocycles. The topological polar surface area (TPSA) is 83.5 Å². The van der Waals surface area contributed by atoms with Gasteiger partial charge in [-0.1, -0.05) is 0 Å². The molecule has 3 aromatic rings. The van der Waals surface area contributed by atoms with E-state index in [1.165, 1.54) is 23.1 Å². The SMILES string of the molecule is COc1ccc(N(Cc2cnccc2C)C2CCN([C@H](C)CCNC(=O)c3c(C)ncnc3C)CC2)cc1. The van der Waals surface area contributed by atoms with E-state index in [1.54, 1.807) is 7.11 Å². The maximum atomic E-state index is 12.7. The number of nitrogens with one attached hydrogen (secondary N) is 1. The lowest BCUT2D eigenvalue weighted by atomic mass is 9.99. The molecule has 1 amide bonds. The van der Waals surface area contributed by atoms with E-state index < -0.39 is 0 Å². The van der Waals surface area contributed by atoms with Crippen molar-refractivity contribution in [3.8, 4) is 5.75 Å². The summed E-state index contributed by atoms with van der Waals surface area (Å²) < 4.78 is 5.39. The van der Waals surface area contributed by atoms with Crippen LogP contribution in [-0.2, 0) is 6.54 Å². The van der Waals surface area contributed by atoms with Crippen LogP contribution in [0.15, 0.2) is 49.1 Å². The van der Waals surface area contributed by atoms with Crippen LogP contribution in [0.5, 0.6) is 5.75 Å². The number of piperidine rings is 1. The first-order chi connectivity index (χ1) is 18.4. The average Bonchev–Trinajstić information content (AvgIpc) is 2.93. The Morgan fingerprint density at radius 3 is 2.42 bits per heavy atom. The van der Waals surface area contributed by atoms with Gasteiger partial charge >= 0.3 is 0 Å². The number of amides is 1. The number of nitrogens with zero attached hydrogens (tertiary/aromatic N) is 5. The standard InChI is InChI=1S/C30H40N6O2/c1-21-10-14-31-18-25(21)19-36(26-6-8-28(38-5)9-7-26)27-12-16-35(17-13-27)22(2)11-15-32-30(37)29-23(3)33-20-34-24(29)4/h6-10,14,18,20,22,27H,11-13,15-17,19H2,1-5H3,(H,32,37)/t22-/m1/s1. The first-order valence-corrected chi connectivity index (χ1v) is 13.5. The molecule has 2 aromatic heterocycles. The molecule has 38 heavy (non-hydrogen) atoms. The second kappa shape index (κ2) is 12.8. The molecule has 0 radical (unpaired) electrons. The third kappa shape index (κ3) is 6.67. The van der Waals surface area contributed by atoms with Gasteiger partial charge in [-0.2, -0.15) is 0 Å². The van der Waals surface area contributed by atoms with Crippen molar-refractivity contribution >= 4 is 11.6 Å². The van der Waals surface area contributed by atoms with Crippen LogP contribution in [-0.4, -0.2) is 64.6 Å². The summed E-state index contributed by atoms with van der Waals surface area (Å²) in [6, 6.07) is 11.3. The van der Waals surface area contributed by atoms with Crippen molar-refractivity contribution in [2.45, 2.75) is 65.6 Å². The third-order valence-electron chi connectivity index (χ3n) is 7.76. The number of aromatic nitrogens is 3. The van der Waals surface area contributed by atoms with Crippen LogP contribution in [0.25, 0.3) is 0 Å². The molecule has 4 rings (SSSR count). The van der Waals surface area contributed by atoms with E-state index in [0.717, 1.165) is 44.6 Å². The summed E-state index contributed by atoms with van der Waals surface area (Å²) in [5.41, 5.74) is 5.74. The van der Waals surface area contributed by atoms with Gasteiger partial charge in [-0.05, 0) is 88.4 Å². The number of aryl methyl sites for hydroxylation is 3. The van der Waals surface area contributed by atoms with Crippen molar-refractivity contribution in [1.82, 2.24) is 25.2 Å². The van der Waals surface area contributed by atoms with Gasteiger partial charge < -0.3 is 19.9 Å². The second-order valence-corrected chi connectivity index (χ2v) is 10.2. The molecule has 0 unspecified atom stereocenters. The van der Waals surface area contributed by atoms with Crippen molar-refractivity contribution in [2.24, 2.45) is 0 Å². The highest BCUT2D eigenvalue weighted by Gasteiger charge is 2.28. The van der Waals surface area contributed by atoms with E-state index in [2.05, 4.69) is 62.1 Å². The van der Waals surface area contributed by atoms with Crippen LogP contribution in [0.3, 0.4) is 0 Å². The molecule has 0 saturated carbocycles. The Morgan fingerprint density at radius 1 is 1.11 bits per heavy atom. The zero-order chi connectivity index (χ0) is 27.1. The van der Waals surface area contributed by atoms with Gasteiger partial charge in [0.05, 0.1) is 24.1 Å². The van der Waals surface area contributed by atoms with Crippen molar-refractivity contribution < 1.29 is 9.53 Å². The van der Waals surface area contributed by atoms with E-state index in [0.29, 0.717) is 35.6 Å². The van der Waals surface area contributed by atoms with Crippen LogP contribution >= 0.6 is 0 Å². The highest BCUT2D eigenvalue weighted by molar-refractivity contribution is 5.96. The van der Waals surface area contributed by atoms with Gasteiger partial charge in [-0.25, -0.2) is 9.97 Å². The van der Waals surface area contributed by atoms with Crippen molar-refractivity contribution in [3.05, 3.63) is 77.1 Å². The third-order valence-corrected chi connectivity index (χ3v) is 7.76. The van der Waals surface area contributed by atoms with Gasteiger partial charge in [0, 0.05) is 56.3 Å². The lowest BCUT2D eigenvalue weighted by Crippen LogP contribution is -2.48. The molecule has 0 bridgehead atoms. The van der Waals surface area contributed by atoms with Crippen molar-refractivity contribution in [3.63, 3.8) is 0 Å². The Hall–Kier alpha value is -3.52. The normalized spacial score (nSPS) is 15.2. The molecular formula is C30H40N6O2. The van der Waals surface area contributed by atoms with E-state index in [-0.39, 0.29) is 5.91 Å². The molecule has 8 heteroatoms. The predicted molar refractivity (Wildman–Crippen MR) is 151 cm³/mol. The monoisotopic (exact) mass is 516 g/mol. The smallest absolute Gasteiger partial charge is 0.254 e. The van der Waals surface area contributed by atoms with E-state index >= 15 is 0 Å². The first-order valence-electron chi connectivity index (χ1n) is 13.5. The molecule has 0 aliphatic carbocycles. The van der Waals surface area contributed by atoms with Crippen LogP contribution in [0.4, 0.5) is 5.69 Å². The van der Waals surface area contributed by atoms with E-state index in [9.17, 15) is 4.79 Å². The van der Waals surface area contributed by atoms with Crippen LogP contribution < -0.4 is 15.0 Å². The van der Waals surface area contributed by atoms with E-state index in [4.69, 9.17) is 4.74 Å². The minimum atomic E-state index is -0.0904. The molecule has 1 aromatic carbocycles. The van der Waals surface area contributed by atoms with Crippen molar-refractivity contribution in [2.75, 3.05) is 31.6 Å². The molecule has 8 nitrogen and oxygen atoms in total. The molecule has 1 N–H and O–H groups in total. The summed E-state index contributed by atoms with van der Waals surface area (Å²) >= 11 is 0. The Labute approximate surface area is 226 Å². The van der Waals surface area contributed by atoms with E-state index in [1.807, 2.05) is 38.4 Å². The summed E-state index contributed by atoms with van der Waals surface area (Å²) in [6.45, 7) is 11.6. The molecule has 0 spiro atoms. The number of rotatable bonds is 10. The number of carbonyl (C=O) groups is 1. The summed E-state index contributed by atoms with van der Waals surface area (Å²) in [4.78, 5) is 30.5. The molecule has 202 valence electrons. The average molecular weight is 517 g/mol. The number of likely N-dealkylation sites (tertiary alicyclic amines) is 1. The highest BCUT2D eigenvalue weighted by Crippen LogP contribution is 2.29. The number of carbonyl (C=O) groups excluding carboxylic acids is 1. The lowest BCUT2D eigenvalue weighted by Gasteiger charge is -2.42. The Kier molecular flexibility index (Phi) is 9.29. The molecule has 1 saturated heterocycles. The Balaban J connectivity index is 1.34. The van der Waals surface area contributed by atoms with Crippen LogP contribution in [0.1, 0.15) is 59.1 Å². The van der Waals surface area contributed by atoms with Gasteiger partial charge in [0.25, 0.3) is 5.91 Å². The Bertz CT molecular complexity index is 1190. The number of ether oxygens (including phenoxy) is 1. The lowest BCUT2D eigenvalue weighted by molar-refractivity contribution is 0.0943. The molecular weight excluding hydrogens is 476 g/mol. The van der Waals surface area contributed by atoms with Gasteiger partial charge in [-0.3, -0.25) is 9.78 Å². The zero-order valence-electron chi connectivity index (χ0n) is 23.3. The molecule has 1 atom stereocenters. The van der Waals surface area contributed by atoms with Crippen LogP contribution in [0.2, 0.25) is 0 Å². The molecule has 1 aliphatic rings. The highest BCUT2D eigenvalue weighted by atomic mass is 16.5. The van der Waals surface area contributed by atoms with Gasteiger partial charge in [0.1, 0.15) is 12.1 Å². The maximum Gasteiger partial charge on any atom is 0.254 e. The summed E-state index contributed by atoms with van der Waals surface area (Å²) in [5, 5.41) is 3.07. The zero-order valence-corrected chi connectivity index (χ0v) is 23.3. The van der Waals surface area contributed by atoms with Crippen LogP contribution in [0, 0.1) is 20.8 Å². The fourth-order valence-electron chi connectivity index (χ4n) is 5.28. The molecule has 1 aliphatic heterocycles. The number of benzene rings is 1. The minimum Gasteiger partial charge on any atom is -0.497 e. The quantitative estimate of drug-likeness (QED) is 0.425. The summed E-state index contributed by atoms with van der Waals surface area (Å²) in [7, 11) is 1.70. The fourth-order valence-corrected chi connectivity index (χ4v) is 5.28. The number of hydrogen-bond donors (Lipinski definition) is 1. The fraction of sp³-hybridized carbons (Fsp3) is 0.467. The number of pyridine rings is 1. The maximum absolute atomic E-state index is 12.7. The number of hydrogen-bond acceptors (Lipinski definition) is 7.